The summed E-state index contributed by atoms with van der Waals surface area (Å²) >= 11 is 0. The summed E-state index contributed by atoms with van der Waals surface area (Å²) < 4.78 is 12.2. The van der Waals surface area contributed by atoms with Crippen molar-refractivity contribution in [1.82, 2.24) is 0 Å². The molecule has 6 rings (SSSR count). The molecule has 3 fully saturated rings. The molecule has 0 amide bonds. The van der Waals surface area contributed by atoms with Gasteiger partial charge in [0.15, 0.2) is 11.5 Å². The summed E-state index contributed by atoms with van der Waals surface area (Å²) in [6.45, 7) is 9.07. The van der Waals surface area contributed by atoms with Crippen molar-refractivity contribution in [1.29, 1.82) is 5.26 Å². The molecule has 2 aromatic carbocycles. The number of nitriles is 1. The van der Waals surface area contributed by atoms with Crippen LogP contribution in [0.1, 0.15) is 49.7 Å². The van der Waals surface area contributed by atoms with Gasteiger partial charge in [0, 0.05) is 18.3 Å². The lowest BCUT2D eigenvalue weighted by atomic mass is 9.63. The highest BCUT2D eigenvalue weighted by Gasteiger charge is 2.64. The summed E-state index contributed by atoms with van der Waals surface area (Å²) in [7, 11) is 0. The molecular weight excluding hydrogens is 524 g/mol. The van der Waals surface area contributed by atoms with E-state index in [1.54, 1.807) is 0 Å². The van der Waals surface area contributed by atoms with Gasteiger partial charge in [0.25, 0.3) is 0 Å². The van der Waals surface area contributed by atoms with Crippen molar-refractivity contribution >= 4 is 0 Å². The highest BCUT2D eigenvalue weighted by molar-refractivity contribution is 5.44. The molecule has 2 saturated carbocycles. The van der Waals surface area contributed by atoms with Gasteiger partial charge in [-0.1, -0.05) is 62.2 Å². The molecular formula is C32H39BrN2O2. The molecule has 3 atom stereocenters. The number of rotatable bonds is 9. The Hall–Kier alpha value is -2.29. The number of quaternary nitrogens is 1. The van der Waals surface area contributed by atoms with Crippen LogP contribution >= 0.6 is 0 Å². The third kappa shape index (κ3) is 4.95. The van der Waals surface area contributed by atoms with Crippen molar-refractivity contribution in [2.24, 2.45) is 23.7 Å². The standard InChI is InChI=1S/C32H39N2O2.BrH/c1-2-16-34(17-15-24-13-14-30-31(18-24)36-23-35-30)20-28-27(29(28)21-34)19-32(22-33,25-9-5-3-6-10-25)26-11-7-4-8-12-26;/h2-3,5-6,9-10,13-14,18,26-29H,1,4,7-8,11-12,15-17,19-21,23H2;1H/q+1;/p-1. The molecule has 0 N–H and O–H groups in total. The van der Waals surface area contributed by atoms with Crippen LogP contribution in [-0.2, 0) is 11.8 Å². The third-order valence-corrected chi connectivity index (χ3v) is 9.88. The van der Waals surface area contributed by atoms with Crippen molar-refractivity contribution < 1.29 is 30.9 Å². The first kappa shape index (κ1) is 26.3. The normalized spacial score (nSPS) is 29.4. The molecule has 2 aromatic rings. The Morgan fingerprint density at radius 3 is 2.43 bits per heavy atom. The zero-order valence-corrected chi connectivity index (χ0v) is 23.4. The maximum atomic E-state index is 10.7. The van der Waals surface area contributed by atoms with E-state index in [9.17, 15) is 5.26 Å². The summed E-state index contributed by atoms with van der Waals surface area (Å²) in [5, 5.41) is 10.7. The topological polar surface area (TPSA) is 42.2 Å². The number of ether oxygens (including phenoxy) is 2. The summed E-state index contributed by atoms with van der Waals surface area (Å²) in [4.78, 5) is 0. The first-order valence-corrected chi connectivity index (χ1v) is 14.0. The fourth-order valence-corrected chi connectivity index (χ4v) is 7.92. The molecule has 37 heavy (non-hydrogen) atoms. The fourth-order valence-electron chi connectivity index (χ4n) is 7.92. The maximum Gasteiger partial charge on any atom is 0.231 e. The molecule has 4 aliphatic rings. The number of halogens is 1. The van der Waals surface area contributed by atoms with Gasteiger partial charge in [0.05, 0.1) is 37.7 Å². The Morgan fingerprint density at radius 2 is 1.73 bits per heavy atom. The lowest BCUT2D eigenvalue weighted by molar-refractivity contribution is -0.916. The minimum absolute atomic E-state index is 0. The summed E-state index contributed by atoms with van der Waals surface area (Å²) in [5.41, 5.74) is 2.26. The largest absolute Gasteiger partial charge is 1.00 e. The molecule has 2 aliphatic heterocycles. The summed E-state index contributed by atoms with van der Waals surface area (Å²) in [6, 6.07) is 20.1. The minimum Gasteiger partial charge on any atom is -1.00 e. The van der Waals surface area contributed by atoms with E-state index < -0.39 is 0 Å². The first-order chi connectivity index (χ1) is 17.7. The van der Waals surface area contributed by atoms with E-state index in [1.165, 1.54) is 56.3 Å². The van der Waals surface area contributed by atoms with E-state index in [-0.39, 0.29) is 22.4 Å². The number of hydrogen-bond acceptors (Lipinski definition) is 3. The summed E-state index contributed by atoms with van der Waals surface area (Å²) in [6.07, 6.45) is 10.5. The van der Waals surface area contributed by atoms with Crippen LogP contribution in [0.4, 0.5) is 0 Å². The smallest absolute Gasteiger partial charge is 0.231 e. The Labute approximate surface area is 232 Å². The van der Waals surface area contributed by atoms with Crippen LogP contribution in [0.25, 0.3) is 0 Å². The molecule has 3 unspecified atom stereocenters. The molecule has 196 valence electrons. The van der Waals surface area contributed by atoms with Gasteiger partial charge in [-0.25, -0.2) is 0 Å². The van der Waals surface area contributed by atoms with Gasteiger partial charge in [0.2, 0.25) is 6.79 Å². The van der Waals surface area contributed by atoms with E-state index in [0.717, 1.165) is 53.7 Å². The number of benzene rings is 2. The molecule has 2 heterocycles. The number of fused-ring (bicyclic) bond motifs is 2. The molecule has 0 spiro atoms. The van der Waals surface area contributed by atoms with Gasteiger partial charge in [-0.05, 0) is 60.4 Å². The van der Waals surface area contributed by atoms with E-state index in [0.29, 0.717) is 18.6 Å². The number of piperidine rings is 1. The second kappa shape index (κ2) is 10.8. The van der Waals surface area contributed by atoms with Crippen molar-refractivity contribution in [3.8, 4) is 17.6 Å². The zero-order chi connectivity index (χ0) is 24.6. The molecule has 0 radical (unpaired) electrons. The fraction of sp³-hybridized carbons (Fsp3) is 0.531. The van der Waals surface area contributed by atoms with Crippen LogP contribution < -0.4 is 26.5 Å². The van der Waals surface area contributed by atoms with Gasteiger partial charge in [-0.15, -0.1) is 0 Å². The van der Waals surface area contributed by atoms with Crippen molar-refractivity contribution in [3.05, 3.63) is 72.3 Å². The Bertz CT molecular complexity index is 1130. The lowest BCUT2D eigenvalue weighted by Gasteiger charge is -2.40. The Kier molecular flexibility index (Phi) is 7.70. The Morgan fingerprint density at radius 1 is 1.00 bits per heavy atom. The molecule has 1 saturated heterocycles. The maximum absolute atomic E-state index is 10.7. The highest BCUT2D eigenvalue weighted by Crippen LogP contribution is 2.60. The van der Waals surface area contributed by atoms with E-state index in [4.69, 9.17) is 9.47 Å². The lowest BCUT2D eigenvalue weighted by Crippen LogP contribution is -3.00. The van der Waals surface area contributed by atoms with Gasteiger partial charge in [0.1, 0.15) is 0 Å². The number of hydrogen-bond donors (Lipinski definition) is 0. The van der Waals surface area contributed by atoms with Crippen LogP contribution in [0, 0.1) is 35.0 Å². The predicted octanol–water partition coefficient (Wildman–Crippen LogP) is 3.27. The molecule has 0 bridgehead atoms. The van der Waals surface area contributed by atoms with Crippen LogP contribution in [0.15, 0.2) is 61.2 Å². The monoisotopic (exact) mass is 562 g/mol. The second-order valence-corrected chi connectivity index (χ2v) is 11.8. The summed E-state index contributed by atoms with van der Waals surface area (Å²) in [5.74, 6) is 4.43. The van der Waals surface area contributed by atoms with Gasteiger partial charge < -0.3 is 30.9 Å². The van der Waals surface area contributed by atoms with Gasteiger partial charge >= 0.3 is 0 Å². The van der Waals surface area contributed by atoms with Crippen molar-refractivity contribution in [3.63, 3.8) is 0 Å². The van der Waals surface area contributed by atoms with Crippen LogP contribution in [0.2, 0.25) is 0 Å². The van der Waals surface area contributed by atoms with E-state index in [2.05, 4.69) is 61.2 Å². The zero-order valence-electron chi connectivity index (χ0n) is 21.8. The second-order valence-electron chi connectivity index (χ2n) is 11.8. The molecule has 2 aliphatic carbocycles. The minimum atomic E-state index is -0.322. The average molecular weight is 564 g/mol. The SMILES string of the molecule is C=CC[N+]1(CCc2ccc3c(c2)OCO3)CC2C(CC(C#N)(c3ccccc3)C3CCCCC3)C2C1.[Br-]. The molecule has 0 aromatic heterocycles. The van der Waals surface area contributed by atoms with E-state index in [1.807, 2.05) is 6.07 Å². The average Bonchev–Trinajstić information content (AvgIpc) is 3.26. The van der Waals surface area contributed by atoms with Crippen LogP contribution in [-0.4, -0.2) is 37.5 Å². The van der Waals surface area contributed by atoms with Gasteiger partial charge in [-0.3, -0.25) is 0 Å². The third-order valence-electron chi connectivity index (χ3n) is 9.88. The quantitative estimate of drug-likeness (QED) is 0.348. The van der Waals surface area contributed by atoms with Crippen molar-refractivity contribution in [2.75, 3.05) is 33.0 Å². The number of nitrogens with zero attached hydrogens (tertiary/aromatic N) is 2. The molecule has 4 nitrogen and oxygen atoms in total. The highest BCUT2D eigenvalue weighted by atomic mass is 79.9. The van der Waals surface area contributed by atoms with Crippen LogP contribution in [0.5, 0.6) is 11.5 Å². The van der Waals surface area contributed by atoms with Gasteiger partial charge in [-0.2, -0.15) is 5.26 Å². The van der Waals surface area contributed by atoms with Crippen molar-refractivity contribution in [2.45, 2.75) is 50.4 Å². The van der Waals surface area contributed by atoms with E-state index >= 15 is 0 Å². The molecule has 5 heteroatoms. The Balaban J connectivity index is 0.00000280. The van der Waals surface area contributed by atoms with Crippen LogP contribution in [0.3, 0.4) is 0 Å². The predicted molar refractivity (Wildman–Crippen MR) is 142 cm³/mol. The first-order valence-electron chi connectivity index (χ1n) is 14.0. The number of likely N-dealkylation sites (tertiary alicyclic amines) is 1.